The third kappa shape index (κ3) is 3.24. The standard InChI is InChI=1S/C14H21NOS/c1-17-13-5-3-12(4-6-13)9-15-10-14(11-16)7-2-8-14/h3-6,15-16H,2,7-11H2,1H3. The Bertz CT molecular complexity index is 340. The minimum atomic E-state index is 0.180. The van der Waals surface area contributed by atoms with Gasteiger partial charge in [-0.15, -0.1) is 11.8 Å². The highest BCUT2D eigenvalue weighted by molar-refractivity contribution is 7.98. The minimum Gasteiger partial charge on any atom is -0.396 e. The molecule has 0 spiro atoms. The molecule has 2 rings (SSSR count). The first kappa shape index (κ1) is 12.9. The van der Waals surface area contributed by atoms with E-state index in [1.165, 1.54) is 29.7 Å². The molecule has 0 radical (unpaired) electrons. The molecule has 0 atom stereocenters. The minimum absolute atomic E-state index is 0.180. The summed E-state index contributed by atoms with van der Waals surface area (Å²) in [5, 5.41) is 12.8. The second-order valence-electron chi connectivity index (χ2n) is 4.96. The van der Waals surface area contributed by atoms with Gasteiger partial charge in [0, 0.05) is 30.0 Å². The second kappa shape index (κ2) is 5.89. The number of nitrogens with one attached hydrogen (secondary N) is 1. The van der Waals surface area contributed by atoms with Gasteiger partial charge in [-0.05, 0) is 36.8 Å². The van der Waals surface area contributed by atoms with Crippen LogP contribution in [0.15, 0.2) is 29.2 Å². The molecule has 0 aromatic heterocycles. The highest BCUT2D eigenvalue weighted by atomic mass is 32.2. The normalized spacial score (nSPS) is 17.8. The molecule has 94 valence electrons. The van der Waals surface area contributed by atoms with Crippen LogP contribution in [0.1, 0.15) is 24.8 Å². The molecule has 17 heavy (non-hydrogen) atoms. The van der Waals surface area contributed by atoms with Gasteiger partial charge >= 0.3 is 0 Å². The van der Waals surface area contributed by atoms with Gasteiger partial charge in [-0.25, -0.2) is 0 Å². The summed E-state index contributed by atoms with van der Waals surface area (Å²) in [6.45, 7) is 2.16. The molecule has 1 aromatic rings. The molecule has 1 fully saturated rings. The van der Waals surface area contributed by atoms with E-state index in [1.807, 2.05) is 0 Å². The lowest BCUT2D eigenvalue weighted by Gasteiger charge is -2.40. The summed E-state index contributed by atoms with van der Waals surface area (Å²) in [5.41, 5.74) is 1.49. The van der Waals surface area contributed by atoms with Gasteiger partial charge in [-0.3, -0.25) is 0 Å². The summed E-state index contributed by atoms with van der Waals surface area (Å²) >= 11 is 1.77. The Kier molecular flexibility index (Phi) is 4.48. The van der Waals surface area contributed by atoms with Crippen LogP contribution in [0.4, 0.5) is 0 Å². The van der Waals surface area contributed by atoms with E-state index in [4.69, 9.17) is 0 Å². The number of aliphatic hydroxyl groups is 1. The zero-order valence-electron chi connectivity index (χ0n) is 10.4. The number of thioether (sulfide) groups is 1. The maximum absolute atomic E-state index is 9.36. The second-order valence-corrected chi connectivity index (χ2v) is 5.84. The Morgan fingerprint density at radius 1 is 1.29 bits per heavy atom. The van der Waals surface area contributed by atoms with Gasteiger partial charge in [0.2, 0.25) is 0 Å². The van der Waals surface area contributed by atoms with E-state index in [0.717, 1.165) is 13.1 Å². The fourth-order valence-corrected chi connectivity index (χ4v) is 2.69. The topological polar surface area (TPSA) is 32.3 Å². The van der Waals surface area contributed by atoms with Crippen molar-refractivity contribution in [1.29, 1.82) is 0 Å². The Balaban J connectivity index is 1.77. The van der Waals surface area contributed by atoms with Crippen molar-refractivity contribution >= 4 is 11.8 Å². The predicted octanol–water partition coefficient (Wildman–Crippen LogP) is 2.66. The first-order valence-corrected chi connectivity index (χ1v) is 7.45. The van der Waals surface area contributed by atoms with Crippen molar-refractivity contribution in [3.63, 3.8) is 0 Å². The van der Waals surface area contributed by atoms with Crippen molar-refractivity contribution in [2.75, 3.05) is 19.4 Å². The van der Waals surface area contributed by atoms with E-state index in [0.29, 0.717) is 6.61 Å². The van der Waals surface area contributed by atoms with E-state index < -0.39 is 0 Å². The monoisotopic (exact) mass is 251 g/mol. The van der Waals surface area contributed by atoms with Crippen molar-refractivity contribution in [3.8, 4) is 0 Å². The van der Waals surface area contributed by atoms with Gasteiger partial charge in [-0.1, -0.05) is 18.6 Å². The molecule has 0 heterocycles. The molecule has 0 aliphatic heterocycles. The highest BCUT2D eigenvalue weighted by Crippen LogP contribution is 2.39. The van der Waals surface area contributed by atoms with E-state index >= 15 is 0 Å². The van der Waals surface area contributed by atoms with Crippen LogP contribution in [0.25, 0.3) is 0 Å². The summed E-state index contributed by atoms with van der Waals surface area (Å²) in [5.74, 6) is 0. The fraction of sp³-hybridized carbons (Fsp3) is 0.571. The molecule has 0 unspecified atom stereocenters. The first-order valence-electron chi connectivity index (χ1n) is 6.22. The Morgan fingerprint density at radius 2 is 2.00 bits per heavy atom. The summed E-state index contributed by atoms with van der Waals surface area (Å²) in [4.78, 5) is 1.31. The lowest BCUT2D eigenvalue weighted by atomic mass is 9.69. The molecule has 3 heteroatoms. The zero-order chi connectivity index (χ0) is 12.1. The largest absolute Gasteiger partial charge is 0.396 e. The van der Waals surface area contributed by atoms with E-state index in [9.17, 15) is 5.11 Å². The van der Waals surface area contributed by atoms with Crippen LogP contribution < -0.4 is 5.32 Å². The first-order chi connectivity index (χ1) is 8.28. The van der Waals surface area contributed by atoms with Gasteiger partial charge < -0.3 is 10.4 Å². The third-order valence-corrected chi connectivity index (χ3v) is 4.48. The van der Waals surface area contributed by atoms with Crippen LogP contribution in [0.5, 0.6) is 0 Å². The fourth-order valence-electron chi connectivity index (χ4n) is 2.28. The molecule has 0 saturated heterocycles. The Hall–Kier alpha value is -0.510. The van der Waals surface area contributed by atoms with E-state index in [1.54, 1.807) is 11.8 Å². The van der Waals surface area contributed by atoms with Crippen molar-refractivity contribution < 1.29 is 5.11 Å². The van der Waals surface area contributed by atoms with Gasteiger partial charge in [0.05, 0.1) is 0 Å². The molecular formula is C14H21NOS. The smallest absolute Gasteiger partial charge is 0.0499 e. The van der Waals surface area contributed by atoms with Crippen LogP contribution in [0, 0.1) is 5.41 Å². The summed E-state index contributed by atoms with van der Waals surface area (Å²) in [6, 6.07) is 8.66. The quantitative estimate of drug-likeness (QED) is 0.762. The van der Waals surface area contributed by atoms with E-state index in [-0.39, 0.29) is 5.41 Å². The van der Waals surface area contributed by atoms with Gasteiger partial charge in [0.1, 0.15) is 0 Å². The lowest BCUT2D eigenvalue weighted by Crippen LogP contribution is -2.42. The summed E-state index contributed by atoms with van der Waals surface area (Å²) in [6.07, 6.45) is 5.70. The van der Waals surface area contributed by atoms with Crippen LogP contribution in [-0.2, 0) is 6.54 Å². The SMILES string of the molecule is CSc1ccc(CNCC2(CO)CCC2)cc1. The molecular weight excluding hydrogens is 230 g/mol. The van der Waals surface area contributed by atoms with Crippen LogP contribution in [-0.4, -0.2) is 24.5 Å². The number of hydrogen-bond donors (Lipinski definition) is 2. The molecule has 2 nitrogen and oxygen atoms in total. The van der Waals surface area contributed by atoms with Crippen molar-refractivity contribution in [2.45, 2.75) is 30.7 Å². The molecule has 0 bridgehead atoms. The van der Waals surface area contributed by atoms with E-state index in [2.05, 4.69) is 35.8 Å². The third-order valence-electron chi connectivity index (χ3n) is 3.74. The Labute approximate surface area is 108 Å². The van der Waals surface area contributed by atoms with Crippen LogP contribution >= 0.6 is 11.8 Å². The predicted molar refractivity (Wildman–Crippen MR) is 73.3 cm³/mol. The Morgan fingerprint density at radius 3 is 2.47 bits per heavy atom. The van der Waals surface area contributed by atoms with Gasteiger partial charge in [0.15, 0.2) is 0 Å². The van der Waals surface area contributed by atoms with Gasteiger partial charge in [-0.2, -0.15) is 0 Å². The molecule has 2 N–H and O–H groups in total. The van der Waals surface area contributed by atoms with Crippen molar-refractivity contribution in [3.05, 3.63) is 29.8 Å². The van der Waals surface area contributed by atoms with Crippen LogP contribution in [0.3, 0.4) is 0 Å². The van der Waals surface area contributed by atoms with Gasteiger partial charge in [0.25, 0.3) is 0 Å². The zero-order valence-corrected chi connectivity index (χ0v) is 11.2. The average Bonchev–Trinajstić information content (AvgIpc) is 2.33. The maximum atomic E-state index is 9.36. The molecule has 1 saturated carbocycles. The van der Waals surface area contributed by atoms with Crippen molar-refractivity contribution in [2.24, 2.45) is 5.41 Å². The molecule has 1 aliphatic rings. The molecule has 1 aliphatic carbocycles. The maximum Gasteiger partial charge on any atom is 0.0499 e. The average molecular weight is 251 g/mol. The molecule has 1 aromatic carbocycles. The van der Waals surface area contributed by atoms with Crippen LogP contribution in [0.2, 0.25) is 0 Å². The number of rotatable bonds is 6. The summed E-state index contributed by atoms with van der Waals surface area (Å²) < 4.78 is 0. The number of hydrogen-bond acceptors (Lipinski definition) is 3. The summed E-state index contributed by atoms with van der Waals surface area (Å²) in [7, 11) is 0. The number of aliphatic hydroxyl groups excluding tert-OH is 1. The molecule has 0 amide bonds. The van der Waals surface area contributed by atoms with Crippen molar-refractivity contribution in [1.82, 2.24) is 5.32 Å². The lowest BCUT2D eigenvalue weighted by molar-refractivity contribution is 0.0445. The number of benzene rings is 1. The highest BCUT2D eigenvalue weighted by Gasteiger charge is 2.35.